The molecular weight excluding hydrogens is 447 g/mol. The standard InChI is InChI=1S/C24H31FN2O5S/c1-3-4-15-32-22-10-5-18(16-23(22)31-2)17-26-24(28)19-11-13-27(14-12-19)33(29,30)21-8-6-20(25)7-9-21/h5-10,16,19H,3-4,11-15,17H2,1-2H3,(H,26,28). The van der Waals surface area contributed by atoms with E-state index in [1.165, 1.54) is 16.4 Å². The van der Waals surface area contributed by atoms with Crippen molar-refractivity contribution in [2.24, 2.45) is 5.92 Å². The Hall–Kier alpha value is -2.65. The molecule has 1 amide bonds. The number of nitrogens with one attached hydrogen (secondary N) is 1. The Balaban J connectivity index is 1.51. The number of sulfonamides is 1. The van der Waals surface area contributed by atoms with Crippen LogP contribution in [-0.4, -0.2) is 45.4 Å². The van der Waals surface area contributed by atoms with Crippen molar-refractivity contribution in [2.45, 2.75) is 44.0 Å². The van der Waals surface area contributed by atoms with E-state index in [-0.39, 0.29) is 29.8 Å². The van der Waals surface area contributed by atoms with Gasteiger partial charge in [-0.25, -0.2) is 12.8 Å². The maximum Gasteiger partial charge on any atom is 0.243 e. The minimum absolute atomic E-state index is 0.0582. The number of nitrogens with zero attached hydrogens (tertiary/aromatic N) is 1. The molecule has 9 heteroatoms. The van der Waals surface area contributed by atoms with Crippen LogP contribution in [0.15, 0.2) is 47.4 Å². The van der Waals surface area contributed by atoms with E-state index in [1.807, 2.05) is 18.2 Å². The number of unbranched alkanes of at least 4 members (excludes halogenated alkanes) is 1. The van der Waals surface area contributed by atoms with Crippen molar-refractivity contribution < 1.29 is 27.1 Å². The number of hydrogen-bond donors (Lipinski definition) is 1. The number of halogens is 1. The highest BCUT2D eigenvalue weighted by atomic mass is 32.2. The topological polar surface area (TPSA) is 84.9 Å². The number of carbonyl (C=O) groups excluding carboxylic acids is 1. The zero-order chi connectivity index (χ0) is 23.8. The van der Waals surface area contributed by atoms with E-state index >= 15 is 0 Å². The Morgan fingerprint density at radius 3 is 2.45 bits per heavy atom. The van der Waals surface area contributed by atoms with Gasteiger partial charge in [-0.3, -0.25) is 4.79 Å². The van der Waals surface area contributed by atoms with Gasteiger partial charge in [-0.2, -0.15) is 4.31 Å². The van der Waals surface area contributed by atoms with Crippen molar-refractivity contribution >= 4 is 15.9 Å². The van der Waals surface area contributed by atoms with Gasteiger partial charge >= 0.3 is 0 Å². The maximum absolute atomic E-state index is 13.1. The van der Waals surface area contributed by atoms with Crippen molar-refractivity contribution in [1.29, 1.82) is 0 Å². The second-order valence-corrected chi connectivity index (χ2v) is 9.98. The van der Waals surface area contributed by atoms with Gasteiger partial charge in [-0.1, -0.05) is 19.4 Å². The van der Waals surface area contributed by atoms with E-state index in [2.05, 4.69) is 12.2 Å². The summed E-state index contributed by atoms with van der Waals surface area (Å²) in [5.41, 5.74) is 0.888. The fourth-order valence-corrected chi connectivity index (χ4v) is 5.18. The van der Waals surface area contributed by atoms with Gasteiger partial charge in [0.25, 0.3) is 0 Å². The predicted octanol–water partition coefficient (Wildman–Crippen LogP) is 3.73. The molecule has 0 aliphatic carbocycles. The Morgan fingerprint density at radius 1 is 1.12 bits per heavy atom. The molecule has 0 atom stereocenters. The van der Waals surface area contributed by atoms with Crippen molar-refractivity contribution in [1.82, 2.24) is 9.62 Å². The number of carbonyl (C=O) groups is 1. The Bertz CT molecular complexity index is 1040. The van der Waals surface area contributed by atoms with Gasteiger partial charge < -0.3 is 14.8 Å². The third-order valence-electron chi connectivity index (χ3n) is 5.73. The fourth-order valence-electron chi connectivity index (χ4n) is 3.72. The first-order valence-corrected chi connectivity index (χ1v) is 12.6. The molecule has 0 radical (unpaired) electrons. The highest BCUT2D eigenvalue weighted by Gasteiger charge is 2.32. The van der Waals surface area contributed by atoms with Gasteiger partial charge in [0.05, 0.1) is 18.6 Å². The Kier molecular flexibility index (Phi) is 8.68. The van der Waals surface area contributed by atoms with Crippen LogP contribution in [0.3, 0.4) is 0 Å². The molecule has 0 bridgehead atoms. The van der Waals surface area contributed by atoms with Crippen molar-refractivity contribution in [3.05, 3.63) is 53.8 Å². The third-order valence-corrected chi connectivity index (χ3v) is 7.64. The summed E-state index contributed by atoms with van der Waals surface area (Å²) >= 11 is 0. The summed E-state index contributed by atoms with van der Waals surface area (Å²) in [6.07, 6.45) is 2.87. The minimum atomic E-state index is -3.69. The lowest BCUT2D eigenvalue weighted by Crippen LogP contribution is -2.42. The van der Waals surface area contributed by atoms with E-state index in [0.717, 1.165) is 30.5 Å². The highest BCUT2D eigenvalue weighted by Crippen LogP contribution is 2.29. The highest BCUT2D eigenvalue weighted by molar-refractivity contribution is 7.89. The lowest BCUT2D eigenvalue weighted by atomic mass is 9.97. The van der Waals surface area contributed by atoms with Crippen molar-refractivity contribution in [2.75, 3.05) is 26.8 Å². The summed E-state index contributed by atoms with van der Waals surface area (Å²) in [5.74, 6) is 0.452. The van der Waals surface area contributed by atoms with Crippen LogP contribution in [0.4, 0.5) is 4.39 Å². The number of amides is 1. The summed E-state index contributed by atoms with van der Waals surface area (Å²) in [6, 6.07) is 10.4. The van der Waals surface area contributed by atoms with E-state index in [1.54, 1.807) is 7.11 Å². The minimum Gasteiger partial charge on any atom is -0.493 e. The molecule has 1 fully saturated rings. The molecule has 180 valence electrons. The van der Waals surface area contributed by atoms with Crippen LogP contribution in [-0.2, 0) is 21.4 Å². The molecule has 2 aromatic carbocycles. The molecule has 7 nitrogen and oxygen atoms in total. The number of rotatable bonds is 10. The molecule has 0 spiro atoms. The van der Waals surface area contributed by atoms with Gasteiger partial charge in [0.2, 0.25) is 15.9 Å². The average Bonchev–Trinajstić information content (AvgIpc) is 2.83. The molecule has 0 aromatic heterocycles. The summed E-state index contributed by atoms with van der Waals surface area (Å²) in [7, 11) is -2.11. The van der Waals surface area contributed by atoms with Crippen LogP contribution in [0.25, 0.3) is 0 Å². The summed E-state index contributed by atoms with van der Waals surface area (Å²) in [6.45, 7) is 3.56. The van der Waals surface area contributed by atoms with E-state index in [4.69, 9.17) is 9.47 Å². The zero-order valence-electron chi connectivity index (χ0n) is 19.1. The van der Waals surface area contributed by atoms with Gasteiger partial charge in [-0.05, 0) is 61.2 Å². The molecule has 0 unspecified atom stereocenters. The van der Waals surface area contributed by atoms with Crippen LogP contribution < -0.4 is 14.8 Å². The monoisotopic (exact) mass is 478 g/mol. The Morgan fingerprint density at radius 2 is 1.82 bits per heavy atom. The molecular formula is C24H31FN2O5S. The normalized spacial score (nSPS) is 15.2. The molecule has 2 aromatic rings. The quantitative estimate of drug-likeness (QED) is 0.526. The molecule has 3 rings (SSSR count). The SMILES string of the molecule is CCCCOc1ccc(CNC(=O)C2CCN(S(=O)(=O)c3ccc(F)cc3)CC2)cc1OC. The maximum atomic E-state index is 13.1. The van der Waals surface area contributed by atoms with Gasteiger partial charge in [0, 0.05) is 25.6 Å². The lowest BCUT2D eigenvalue weighted by molar-refractivity contribution is -0.126. The number of benzene rings is 2. The first kappa shape index (κ1) is 25.0. The van der Waals surface area contributed by atoms with Crippen molar-refractivity contribution in [3.63, 3.8) is 0 Å². The molecule has 1 aliphatic rings. The number of piperidine rings is 1. The van der Waals surface area contributed by atoms with Crippen LogP contribution in [0.1, 0.15) is 38.2 Å². The van der Waals surface area contributed by atoms with Gasteiger partial charge in [-0.15, -0.1) is 0 Å². The van der Waals surface area contributed by atoms with Gasteiger partial charge in [0.15, 0.2) is 11.5 Å². The van der Waals surface area contributed by atoms with Crippen LogP contribution in [0.2, 0.25) is 0 Å². The molecule has 33 heavy (non-hydrogen) atoms. The summed E-state index contributed by atoms with van der Waals surface area (Å²) in [4.78, 5) is 12.7. The molecule has 0 saturated carbocycles. The predicted molar refractivity (Wildman–Crippen MR) is 123 cm³/mol. The van der Waals surface area contributed by atoms with E-state index < -0.39 is 15.8 Å². The van der Waals surface area contributed by atoms with Crippen LogP contribution in [0.5, 0.6) is 11.5 Å². The Labute approximate surface area is 194 Å². The van der Waals surface area contributed by atoms with E-state index in [9.17, 15) is 17.6 Å². The first-order valence-electron chi connectivity index (χ1n) is 11.2. The first-order chi connectivity index (χ1) is 15.8. The largest absolute Gasteiger partial charge is 0.493 e. The summed E-state index contributed by atoms with van der Waals surface area (Å²) < 4.78 is 51.1. The van der Waals surface area contributed by atoms with E-state index in [0.29, 0.717) is 37.5 Å². The summed E-state index contributed by atoms with van der Waals surface area (Å²) in [5, 5.41) is 2.94. The smallest absolute Gasteiger partial charge is 0.243 e. The molecule has 1 aliphatic heterocycles. The third kappa shape index (κ3) is 6.45. The average molecular weight is 479 g/mol. The zero-order valence-corrected chi connectivity index (χ0v) is 19.9. The number of hydrogen-bond acceptors (Lipinski definition) is 5. The second-order valence-electron chi connectivity index (χ2n) is 8.04. The van der Waals surface area contributed by atoms with Gasteiger partial charge in [0.1, 0.15) is 5.82 Å². The van der Waals surface area contributed by atoms with Crippen molar-refractivity contribution in [3.8, 4) is 11.5 Å². The fraction of sp³-hybridized carbons (Fsp3) is 0.458. The van der Waals surface area contributed by atoms with Crippen LogP contribution in [0, 0.1) is 11.7 Å². The van der Waals surface area contributed by atoms with Crippen LogP contribution >= 0.6 is 0 Å². The molecule has 1 heterocycles. The molecule has 1 N–H and O–H groups in total. The second kappa shape index (κ2) is 11.5. The lowest BCUT2D eigenvalue weighted by Gasteiger charge is -2.30. The molecule has 1 saturated heterocycles. The number of ether oxygens (including phenoxy) is 2. The number of methoxy groups -OCH3 is 1.